The number of halogens is 1. The van der Waals surface area contributed by atoms with Gasteiger partial charge in [-0.3, -0.25) is 9.69 Å². The Bertz CT molecular complexity index is 949. The maximum Gasteiger partial charge on any atom is 0.189 e. The minimum atomic E-state index is -0.405. The Morgan fingerprint density at radius 2 is 2.30 bits per heavy atom. The molecular formula is C16H15FN4OS. The largest absolute Gasteiger partial charge is 0.375 e. The Morgan fingerprint density at radius 1 is 1.43 bits per heavy atom. The first kappa shape index (κ1) is 14.3. The number of fused-ring (bicyclic) bond motifs is 2. The topological polar surface area (TPSA) is 75.0 Å². The lowest BCUT2D eigenvalue weighted by Crippen LogP contribution is -2.30. The lowest BCUT2D eigenvalue weighted by atomic mass is 10.1. The Balaban J connectivity index is 1.64. The van der Waals surface area contributed by atoms with Crippen LogP contribution in [0.4, 0.5) is 9.52 Å². The molecule has 0 amide bonds. The molecule has 3 heterocycles. The summed E-state index contributed by atoms with van der Waals surface area (Å²) in [6.45, 7) is 2.16. The van der Waals surface area contributed by atoms with Gasteiger partial charge in [0, 0.05) is 48.1 Å². The molecule has 0 atom stereocenters. The van der Waals surface area contributed by atoms with Crippen LogP contribution in [0.2, 0.25) is 0 Å². The zero-order valence-electron chi connectivity index (χ0n) is 12.3. The number of hydrogen-bond donors (Lipinski definition) is 2. The number of thiazole rings is 1. The molecule has 0 saturated heterocycles. The van der Waals surface area contributed by atoms with Crippen LogP contribution in [0.1, 0.15) is 16.3 Å². The summed E-state index contributed by atoms with van der Waals surface area (Å²) in [6.07, 6.45) is 0.842. The van der Waals surface area contributed by atoms with Crippen LogP contribution < -0.4 is 11.2 Å². The fourth-order valence-corrected chi connectivity index (χ4v) is 3.94. The third-order valence-corrected chi connectivity index (χ3v) is 5.00. The number of rotatable bonds is 2. The smallest absolute Gasteiger partial charge is 0.189 e. The number of aromatic nitrogens is 2. The van der Waals surface area contributed by atoms with Gasteiger partial charge in [0.15, 0.2) is 10.6 Å². The van der Waals surface area contributed by atoms with Crippen molar-refractivity contribution in [2.24, 2.45) is 0 Å². The molecule has 7 heteroatoms. The maximum atomic E-state index is 13.9. The third kappa shape index (κ3) is 2.62. The standard InChI is InChI=1S/C16H15FN4OS/c17-11-3-1-2-10-13(22)6-9(19-15(10)11)7-21-5-4-12-14(8-21)23-16(18)20-12/h1-3,6H,4-5,7-8H2,(H2,18,20)(H,19,22). The van der Waals surface area contributed by atoms with Gasteiger partial charge >= 0.3 is 0 Å². The number of nitrogen functional groups attached to an aromatic ring is 1. The summed E-state index contributed by atoms with van der Waals surface area (Å²) in [5, 5.41) is 0.975. The zero-order valence-corrected chi connectivity index (χ0v) is 13.1. The first-order valence-corrected chi connectivity index (χ1v) is 8.18. The van der Waals surface area contributed by atoms with Gasteiger partial charge in [-0.2, -0.15) is 0 Å². The molecule has 23 heavy (non-hydrogen) atoms. The maximum absolute atomic E-state index is 13.9. The number of aromatic amines is 1. The van der Waals surface area contributed by atoms with E-state index in [9.17, 15) is 9.18 Å². The minimum Gasteiger partial charge on any atom is -0.375 e. The van der Waals surface area contributed by atoms with Crippen molar-refractivity contribution in [3.8, 4) is 0 Å². The highest BCUT2D eigenvalue weighted by Gasteiger charge is 2.20. The predicted octanol–water partition coefficient (Wildman–Crippen LogP) is 2.26. The average molecular weight is 330 g/mol. The summed E-state index contributed by atoms with van der Waals surface area (Å²) < 4.78 is 13.9. The van der Waals surface area contributed by atoms with E-state index >= 15 is 0 Å². The number of H-pyrrole nitrogens is 1. The first-order valence-electron chi connectivity index (χ1n) is 7.37. The number of nitrogens with two attached hydrogens (primary N) is 1. The predicted molar refractivity (Wildman–Crippen MR) is 88.9 cm³/mol. The Kier molecular flexibility index (Phi) is 3.39. The van der Waals surface area contributed by atoms with E-state index in [2.05, 4.69) is 14.9 Å². The Hall–Kier alpha value is -2.25. The minimum absolute atomic E-state index is 0.159. The summed E-state index contributed by atoms with van der Waals surface area (Å²) in [5.74, 6) is -0.405. The SMILES string of the molecule is Nc1nc2c(s1)CN(Cc1cc(=O)c3cccc(F)c3[nH]1)CC2. The van der Waals surface area contributed by atoms with Gasteiger partial charge in [-0.1, -0.05) is 6.07 Å². The van der Waals surface area contributed by atoms with E-state index in [0.717, 1.165) is 25.2 Å². The molecule has 5 nitrogen and oxygen atoms in total. The number of hydrogen-bond acceptors (Lipinski definition) is 5. The van der Waals surface area contributed by atoms with Gasteiger partial charge in [0.05, 0.1) is 11.2 Å². The van der Waals surface area contributed by atoms with E-state index in [1.807, 2.05) is 0 Å². The molecule has 3 N–H and O–H groups in total. The van der Waals surface area contributed by atoms with Crippen molar-refractivity contribution < 1.29 is 4.39 Å². The zero-order chi connectivity index (χ0) is 16.0. The molecule has 0 unspecified atom stereocenters. The molecule has 1 aliphatic rings. The summed E-state index contributed by atoms with van der Waals surface area (Å²) in [4.78, 5) is 22.9. The fraction of sp³-hybridized carbons (Fsp3) is 0.250. The average Bonchev–Trinajstić information content (AvgIpc) is 2.88. The molecule has 3 aromatic rings. The van der Waals surface area contributed by atoms with E-state index in [4.69, 9.17) is 5.73 Å². The second kappa shape index (κ2) is 5.43. The van der Waals surface area contributed by atoms with Crippen LogP contribution >= 0.6 is 11.3 Å². The molecule has 0 spiro atoms. The molecule has 2 aromatic heterocycles. The van der Waals surface area contributed by atoms with Crippen LogP contribution in [0, 0.1) is 5.82 Å². The highest BCUT2D eigenvalue weighted by Crippen LogP contribution is 2.27. The molecule has 1 aliphatic heterocycles. The van der Waals surface area contributed by atoms with Crippen LogP contribution in [0.25, 0.3) is 10.9 Å². The van der Waals surface area contributed by atoms with E-state index in [1.165, 1.54) is 22.3 Å². The van der Waals surface area contributed by atoms with Gasteiger partial charge < -0.3 is 10.7 Å². The highest BCUT2D eigenvalue weighted by molar-refractivity contribution is 7.15. The van der Waals surface area contributed by atoms with Crippen molar-refractivity contribution in [1.82, 2.24) is 14.9 Å². The van der Waals surface area contributed by atoms with Crippen LogP contribution in [0.5, 0.6) is 0 Å². The van der Waals surface area contributed by atoms with Gasteiger partial charge in [0.25, 0.3) is 0 Å². The fourth-order valence-electron chi connectivity index (χ4n) is 3.02. The summed E-state index contributed by atoms with van der Waals surface area (Å²) in [7, 11) is 0. The number of nitrogens with one attached hydrogen (secondary N) is 1. The lowest BCUT2D eigenvalue weighted by Gasteiger charge is -2.25. The monoisotopic (exact) mass is 330 g/mol. The molecule has 0 saturated carbocycles. The molecule has 0 fully saturated rings. The van der Waals surface area contributed by atoms with Crippen molar-refractivity contribution in [3.63, 3.8) is 0 Å². The third-order valence-electron chi connectivity index (χ3n) is 4.09. The van der Waals surface area contributed by atoms with Gasteiger partial charge in [0.2, 0.25) is 0 Å². The number of anilines is 1. The molecular weight excluding hydrogens is 315 g/mol. The normalized spacial score (nSPS) is 15.0. The summed E-state index contributed by atoms with van der Waals surface area (Å²) in [6, 6.07) is 6.09. The molecule has 1 aromatic carbocycles. The van der Waals surface area contributed by atoms with Crippen LogP contribution in [-0.2, 0) is 19.5 Å². The van der Waals surface area contributed by atoms with Gasteiger partial charge in [-0.25, -0.2) is 9.37 Å². The van der Waals surface area contributed by atoms with E-state index in [1.54, 1.807) is 18.2 Å². The Morgan fingerprint density at radius 3 is 3.17 bits per heavy atom. The number of benzene rings is 1. The van der Waals surface area contributed by atoms with Gasteiger partial charge in [-0.15, -0.1) is 11.3 Å². The quantitative estimate of drug-likeness (QED) is 0.756. The summed E-state index contributed by atoms with van der Waals surface area (Å²) in [5.41, 5.74) is 7.66. The van der Waals surface area contributed by atoms with Crippen molar-refractivity contribution in [3.05, 3.63) is 56.6 Å². The summed E-state index contributed by atoms with van der Waals surface area (Å²) >= 11 is 1.51. The van der Waals surface area contributed by atoms with E-state index in [-0.39, 0.29) is 10.9 Å². The van der Waals surface area contributed by atoms with Crippen LogP contribution in [0.3, 0.4) is 0 Å². The molecule has 0 aliphatic carbocycles. The second-order valence-corrected chi connectivity index (χ2v) is 6.82. The van der Waals surface area contributed by atoms with Crippen molar-refractivity contribution in [1.29, 1.82) is 0 Å². The number of para-hydroxylation sites is 1. The number of nitrogens with zero attached hydrogens (tertiary/aromatic N) is 2. The van der Waals surface area contributed by atoms with E-state index < -0.39 is 5.82 Å². The second-order valence-electron chi connectivity index (χ2n) is 5.70. The van der Waals surface area contributed by atoms with Crippen molar-refractivity contribution >= 4 is 27.4 Å². The highest BCUT2D eigenvalue weighted by atomic mass is 32.1. The Labute approximate surface area is 135 Å². The molecule has 0 bridgehead atoms. The number of pyridine rings is 1. The first-order chi connectivity index (χ1) is 11.1. The van der Waals surface area contributed by atoms with Crippen LogP contribution in [-0.4, -0.2) is 21.4 Å². The van der Waals surface area contributed by atoms with Gasteiger partial charge in [0.1, 0.15) is 5.82 Å². The van der Waals surface area contributed by atoms with Crippen molar-refractivity contribution in [2.75, 3.05) is 12.3 Å². The van der Waals surface area contributed by atoms with E-state index in [0.29, 0.717) is 22.8 Å². The lowest BCUT2D eigenvalue weighted by molar-refractivity contribution is 0.244. The van der Waals surface area contributed by atoms with Crippen LogP contribution in [0.15, 0.2) is 29.1 Å². The molecule has 0 radical (unpaired) electrons. The molecule has 4 rings (SSSR count). The van der Waals surface area contributed by atoms with Gasteiger partial charge in [-0.05, 0) is 12.1 Å². The van der Waals surface area contributed by atoms with Crippen molar-refractivity contribution in [2.45, 2.75) is 19.5 Å². The molecule has 118 valence electrons.